The Bertz CT molecular complexity index is 368. The van der Waals surface area contributed by atoms with E-state index < -0.39 is 0 Å². The summed E-state index contributed by atoms with van der Waals surface area (Å²) in [6, 6.07) is 0.780. The van der Waals surface area contributed by atoms with Gasteiger partial charge in [0, 0.05) is 19.1 Å². The molecule has 0 aromatic heterocycles. The summed E-state index contributed by atoms with van der Waals surface area (Å²) >= 11 is 0. The minimum absolute atomic E-state index is 0.0171. The van der Waals surface area contributed by atoms with Gasteiger partial charge in [0.2, 0.25) is 0 Å². The lowest BCUT2D eigenvalue weighted by Gasteiger charge is -2.61. The van der Waals surface area contributed by atoms with E-state index >= 15 is 0 Å². The van der Waals surface area contributed by atoms with Crippen LogP contribution >= 0.6 is 0 Å². The number of likely N-dealkylation sites (tertiary alicyclic amines) is 1. The van der Waals surface area contributed by atoms with E-state index in [0.29, 0.717) is 5.41 Å². The Labute approximate surface area is 122 Å². The second kappa shape index (κ2) is 4.99. The highest BCUT2D eigenvalue weighted by atomic mass is 16.6. The zero-order chi connectivity index (χ0) is 14.4. The van der Waals surface area contributed by atoms with Crippen LogP contribution in [0.2, 0.25) is 0 Å². The molecule has 0 aromatic carbocycles. The molecule has 114 valence electrons. The van der Waals surface area contributed by atoms with Crippen molar-refractivity contribution in [1.82, 2.24) is 10.2 Å². The topological polar surface area (TPSA) is 41.6 Å². The van der Waals surface area contributed by atoms with Gasteiger partial charge in [0.15, 0.2) is 0 Å². The Balaban J connectivity index is 1.42. The number of hydrogen-bond acceptors (Lipinski definition) is 4. The first kappa shape index (κ1) is 14.3. The van der Waals surface area contributed by atoms with Crippen LogP contribution in [-0.4, -0.2) is 48.7 Å². The van der Waals surface area contributed by atoms with E-state index in [0.717, 1.165) is 32.0 Å². The van der Waals surface area contributed by atoms with E-state index in [9.17, 15) is 4.79 Å². The highest BCUT2D eigenvalue weighted by molar-refractivity contribution is 5.74. The molecule has 4 heteroatoms. The van der Waals surface area contributed by atoms with E-state index in [1.165, 1.54) is 25.9 Å². The van der Waals surface area contributed by atoms with Gasteiger partial charge in [-0.1, -0.05) is 0 Å². The normalized spacial score (nSPS) is 27.9. The van der Waals surface area contributed by atoms with Crippen LogP contribution in [0.15, 0.2) is 0 Å². The minimum atomic E-state index is -0.347. The fourth-order valence-corrected chi connectivity index (χ4v) is 4.04. The van der Waals surface area contributed by atoms with Crippen LogP contribution in [0, 0.1) is 11.3 Å². The van der Waals surface area contributed by atoms with Crippen LogP contribution in [0.1, 0.15) is 46.5 Å². The van der Waals surface area contributed by atoms with Gasteiger partial charge in [0.25, 0.3) is 0 Å². The number of ether oxygens (including phenoxy) is 1. The van der Waals surface area contributed by atoms with Crippen molar-refractivity contribution in [3.8, 4) is 0 Å². The van der Waals surface area contributed by atoms with Crippen LogP contribution in [0.5, 0.6) is 0 Å². The van der Waals surface area contributed by atoms with Crippen LogP contribution in [0.25, 0.3) is 0 Å². The monoisotopic (exact) mass is 280 g/mol. The summed E-state index contributed by atoms with van der Waals surface area (Å²) in [5, 5.41) is 3.42. The van der Waals surface area contributed by atoms with Gasteiger partial charge in [0.1, 0.15) is 5.60 Å². The molecule has 0 bridgehead atoms. The molecule has 2 saturated heterocycles. The molecule has 1 saturated carbocycles. The maximum atomic E-state index is 12.0. The molecule has 20 heavy (non-hydrogen) atoms. The Kier molecular flexibility index (Phi) is 3.57. The molecular weight excluding hydrogens is 252 g/mol. The Morgan fingerprint density at radius 3 is 2.35 bits per heavy atom. The average Bonchev–Trinajstić information content (AvgIpc) is 2.24. The van der Waals surface area contributed by atoms with E-state index in [2.05, 4.69) is 10.2 Å². The molecule has 4 nitrogen and oxygen atoms in total. The van der Waals surface area contributed by atoms with Gasteiger partial charge in [-0.25, -0.2) is 0 Å². The molecule has 1 aliphatic carbocycles. The van der Waals surface area contributed by atoms with E-state index in [4.69, 9.17) is 4.74 Å². The molecule has 1 spiro atoms. The maximum Gasteiger partial charge on any atom is 0.309 e. The molecule has 0 amide bonds. The van der Waals surface area contributed by atoms with Crippen molar-refractivity contribution in [3.05, 3.63) is 0 Å². The SMILES string of the molecule is CC(C)(C)OC(=O)C1CC2(C1)CN(C1CCNCC1)C2. The molecular formula is C16H28N2O2. The largest absolute Gasteiger partial charge is 0.460 e. The fraction of sp³-hybridized carbons (Fsp3) is 0.938. The lowest BCUT2D eigenvalue weighted by Crippen LogP contribution is -2.66. The zero-order valence-electron chi connectivity index (χ0n) is 13.1. The number of rotatable bonds is 2. The molecule has 2 aliphatic heterocycles. The number of nitrogens with zero attached hydrogens (tertiary/aromatic N) is 1. The van der Waals surface area contributed by atoms with Crippen LogP contribution in [0.3, 0.4) is 0 Å². The zero-order valence-corrected chi connectivity index (χ0v) is 13.1. The lowest BCUT2D eigenvalue weighted by molar-refractivity contribution is -0.180. The van der Waals surface area contributed by atoms with Gasteiger partial charge < -0.3 is 10.1 Å². The summed E-state index contributed by atoms with van der Waals surface area (Å²) < 4.78 is 5.49. The van der Waals surface area contributed by atoms with Crippen molar-refractivity contribution in [1.29, 1.82) is 0 Å². The summed E-state index contributed by atoms with van der Waals surface area (Å²) in [6.07, 6.45) is 4.66. The van der Waals surface area contributed by atoms with Gasteiger partial charge in [0.05, 0.1) is 5.92 Å². The Morgan fingerprint density at radius 1 is 1.20 bits per heavy atom. The highest BCUT2D eigenvalue weighted by Gasteiger charge is 2.56. The smallest absolute Gasteiger partial charge is 0.309 e. The molecule has 0 atom stereocenters. The van der Waals surface area contributed by atoms with Gasteiger partial charge in [-0.3, -0.25) is 9.69 Å². The van der Waals surface area contributed by atoms with Crippen molar-refractivity contribution in [2.75, 3.05) is 26.2 Å². The summed E-state index contributed by atoms with van der Waals surface area (Å²) in [7, 11) is 0. The van der Waals surface area contributed by atoms with Crippen molar-refractivity contribution in [3.63, 3.8) is 0 Å². The second-order valence-corrected chi connectivity index (χ2v) is 8.02. The van der Waals surface area contributed by atoms with Gasteiger partial charge in [-0.05, 0) is 65.0 Å². The number of nitrogens with one attached hydrogen (secondary N) is 1. The first-order chi connectivity index (χ1) is 9.37. The molecule has 1 N–H and O–H groups in total. The molecule has 2 heterocycles. The first-order valence-corrected chi connectivity index (χ1v) is 8.05. The number of carbonyl (C=O) groups is 1. The Hall–Kier alpha value is -0.610. The standard InChI is InChI=1S/C16H28N2O2/c1-15(2,3)20-14(19)12-8-16(9-12)10-18(11-16)13-4-6-17-7-5-13/h12-13,17H,4-11H2,1-3H3. The van der Waals surface area contributed by atoms with Crippen molar-refractivity contribution in [2.45, 2.75) is 58.1 Å². The van der Waals surface area contributed by atoms with E-state index in [-0.39, 0.29) is 17.5 Å². The van der Waals surface area contributed by atoms with Gasteiger partial charge in [-0.15, -0.1) is 0 Å². The predicted molar refractivity (Wildman–Crippen MR) is 78.5 cm³/mol. The highest BCUT2D eigenvalue weighted by Crippen LogP contribution is 2.53. The summed E-state index contributed by atoms with van der Waals surface area (Å²) in [5.74, 6) is 0.174. The third kappa shape index (κ3) is 2.86. The third-order valence-electron chi connectivity index (χ3n) is 5.00. The molecule has 0 aromatic rings. The first-order valence-electron chi connectivity index (χ1n) is 8.05. The van der Waals surface area contributed by atoms with E-state index in [1.54, 1.807) is 0 Å². The van der Waals surface area contributed by atoms with Crippen molar-refractivity contribution >= 4 is 5.97 Å². The number of esters is 1. The Morgan fingerprint density at radius 2 is 1.80 bits per heavy atom. The number of hydrogen-bond donors (Lipinski definition) is 1. The van der Waals surface area contributed by atoms with Gasteiger partial charge in [-0.2, -0.15) is 0 Å². The fourth-order valence-electron chi connectivity index (χ4n) is 4.04. The molecule has 0 radical (unpaired) electrons. The van der Waals surface area contributed by atoms with Gasteiger partial charge >= 0.3 is 5.97 Å². The molecule has 3 fully saturated rings. The summed E-state index contributed by atoms with van der Waals surface area (Å²) in [6.45, 7) is 10.6. The number of piperidine rings is 1. The summed E-state index contributed by atoms with van der Waals surface area (Å²) in [5.41, 5.74) is 0.104. The number of carbonyl (C=O) groups excluding carboxylic acids is 1. The molecule has 0 unspecified atom stereocenters. The van der Waals surface area contributed by atoms with Crippen LogP contribution in [0.4, 0.5) is 0 Å². The van der Waals surface area contributed by atoms with Crippen molar-refractivity contribution in [2.24, 2.45) is 11.3 Å². The summed E-state index contributed by atoms with van der Waals surface area (Å²) in [4.78, 5) is 14.6. The quantitative estimate of drug-likeness (QED) is 0.783. The molecule has 3 rings (SSSR count). The van der Waals surface area contributed by atoms with E-state index in [1.807, 2.05) is 20.8 Å². The minimum Gasteiger partial charge on any atom is -0.460 e. The molecule has 3 aliphatic rings. The second-order valence-electron chi connectivity index (χ2n) is 8.02. The average molecular weight is 280 g/mol. The van der Waals surface area contributed by atoms with Crippen LogP contribution in [-0.2, 0) is 9.53 Å². The lowest BCUT2D eigenvalue weighted by atomic mass is 9.57. The third-order valence-corrected chi connectivity index (χ3v) is 5.00. The van der Waals surface area contributed by atoms with Crippen molar-refractivity contribution < 1.29 is 9.53 Å². The van der Waals surface area contributed by atoms with Crippen LogP contribution < -0.4 is 5.32 Å². The predicted octanol–water partition coefficient (Wildman–Crippen LogP) is 1.79. The maximum absolute atomic E-state index is 12.0.